The highest BCUT2D eigenvalue weighted by molar-refractivity contribution is 7.89. The minimum atomic E-state index is -3.79. The first-order valence-corrected chi connectivity index (χ1v) is 11.4. The van der Waals surface area contributed by atoms with Crippen LogP contribution < -0.4 is 19.0 Å². The molecule has 168 valence electrons. The van der Waals surface area contributed by atoms with E-state index in [1.165, 1.54) is 20.4 Å². The first kappa shape index (κ1) is 23.1. The number of rotatable bonds is 9. The Morgan fingerprint density at radius 3 is 2.19 bits per heavy atom. The van der Waals surface area contributed by atoms with E-state index in [9.17, 15) is 8.42 Å². The third-order valence-electron chi connectivity index (χ3n) is 4.72. The molecule has 0 saturated heterocycles. The first-order valence-electron chi connectivity index (χ1n) is 9.89. The summed E-state index contributed by atoms with van der Waals surface area (Å²) in [5.74, 6) is 1.34. The van der Waals surface area contributed by atoms with Crippen molar-refractivity contribution < 1.29 is 22.6 Å². The lowest BCUT2D eigenvalue weighted by molar-refractivity contribution is 0.266. The van der Waals surface area contributed by atoms with Crippen molar-refractivity contribution in [1.29, 1.82) is 0 Å². The molecule has 0 bridgehead atoms. The van der Waals surface area contributed by atoms with E-state index in [1.54, 1.807) is 31.2 Å². The van der Waals surface area contributed by atoms with Crippen molar-refractivity contribution in [3.8, 4) is 17.2 Å². The highest BCUT2D eigenvalue weighted by Gasteiger charge is 2.17. The minimum Gasteiger partial charge on any atom is -0.493 e. The van der Waals surface area contributed by atoms with Crippen LogP contribution >= 0.6 is 0 Å². The molecule has 0 saturated carbocycles. The van der Waals surface area contributed by atoms with Gasteiger partial charge in [-0.2, -0.15) is 13.5 Å². The number of nitrogens with zero attached hydrogens (tertiary/aromatic N) is 1. The summed E-state index contributed by atoms with van der Waals surface area (Å²) < 4.78 is 42.0. The largest absolute Gasteiger partial charge is 0.493 e. The van der Waals surface area contributed by atoms with E-state index in [1.807, 2.05) is 43.3 Å². The molecule has 0 fully saturated rings. The van der Waals surface area contributed by atoms with Crippen LogP contribution in [0.15, 0.2) is 70.7 Å². The van der Waals surface area contributed by atoms with Gasteiger partial charge in [-0.05, 0) is 43.2 Å². The molecule has 3 aromatic carbocycles. The SMILES string of the molecule is COc1cc(/C=N/NS(=O)(=O)c2ccc(C)cc2C)cc(OC)c1OCc1ccccc1. The molecule has 3 aromatic rings. The number of hydrogen-bond donors (Lipinski definition) is 1. The van der Waals surface area contributed by atoms with E-state index < -0.39 is 10.0 Å². The summed E-state index contributed by atoms with van der Waals surface area (Å²) in [6.07, 6.45) is 1.38. The molecule has 0 aliphatic carbocycles. The molecule has 0 atom stereocenters. The zero-order chi connectivity index (χ0) is 23.1. The molecule has 0 amide bonds. The van der Waals surface area contributed by atoms with E-state index >= 15 is 0 Å². The Morgan fingerprint density at radius 1 is 0.938 bits per heavy atom. The van der Waals surface area contributed by atoms with Crippen molar-refractivity contribution in [3.05, 3.63) is 82.9 Å². The Morgan fingerprint density at radius 2 is 1.59 bits per heavy atom. The molecule has 1 N–H and O–H groups in total. The number of aryl methyl sites for hydroxylation is 2. The van der Waals surface area contributed by atoms with Crippen LogP contribution in [-0.4, -0.2) is 28.9 Å². The number of sulfonamides is 1. The summed E-state index contributed by atoms with van der Waals surface area (Å²) in [7, 11) is -0.748. The summed E-state index contributed by atoms with van der Waals surface area (Å²) in [5, 5.41) is 3.91. The fraction of sp³-hybridized carbons (Fsp3) is 0.208. The summed E-state index contributed by atoms with van der Waals surface area (Å²) in [5.41, 5.74) is 3.21. The third kappa shape index (κ3) is 5.59. The van der Waals surface area contributed by atoms with E-state index in [-0.39, 0.29) is 4.90 Å². The van der Waals surface area contributed by atoms with Crippen LogP contribution in [0.1, 0.15) is 22.3 Å². The van der Waals surface area contributed by atoms with Gasteiger partial charge in [0.2, 0.25) is 5.75 Å². The lowest BCUT2D eigenvalue weighted by atomic mass is 10.2. The van der Waals surface area contributed by atoms with Crippen molar-refractivity contribution in [3.63, 3.8) is 0 Å². The third-order valence-corrected chi connectivity index (χ3v) is 6.10. The Kier molecular flexibility index (Phi) is 7.37. The van der Waals surface area contributed by atoms with Crippen LogP contribution in [0.4, 0.5) is 0 Å². The number of hydrogen-bond acceptors (Lipinski definition) is 6. The molecule has 0 radical (unpaired) electrons. The molecule has 8 heteroatoms. The highest BCUT2D eigenvalue weighted by atomic mass is 32.2. The van der Waals surface area contributed by atoms with E-state index in [0.717, 1.165) is 11.1 Å². The molecule has 0 unspecified atom stereocenters. The van der Waals surface area contributed by atoms with Gasteiger partial charge in [-0.1, -0.05) is 48.0 Å². The van der Waals surface area contributed by atoms with Crippen LogP contribution in [0.5, 0.6) is 17.2 Å². The molecule has 0 aromatic heterocycles. The molecule has 7 nitrogen and oxygen atoms in total. The number of benzene rings is 3. The number of nitrogens with one attached hydrogen (secondary N) is 1. The average molecular weight is 455 g/mol. The fourth-order valence-corrected chi connectivity index (χ4v) is 4.19. The second kappa shape index (κ2) is 10.2. The van der Waals surface area contributed by atoms with Crippen LogP contribution in [0.2, 0.25) is 0 Å². The molecule has 0 aliphatic rings. The topological polar surface area (TPSA) is 86.2 Å². The normalized spacial score (nSPS) is 11.4. The van der Waals surface area contributed by atoms with Gasteiger partial charge in [0.1, 0.15) is 6.61 Å². The van der Waals surface area contributed by atoms with Crippen molar-refractivity contribution in [2.45, 2.75) is 25.3 Å². The molecular formula is C24H26N2O5S. The van der Waals surface area contributed by atoms with E-state index in [4.69, 9.17) is 14.2 Å². The van der Waals surface area contributed by atoms with Gasteiger partial charge in [0.15, 0.2) is 11.5 Å². The minimum absolute atomic E-state index is 0.181. The van der Waals surface area contributed by atoms with Crippen molar-refractivity contribution in [2.24, 2.45) is 5.10 Å². The highest BCUT2D eigenvalue weighted by Crippen LogP contribution is 2.38. The van der Waals surface area contributed by atoms with Gasteiger partial charge in [-0.3, -0.25) is 0 Å². The maximum Gasteiger partial charge on any atom is 0.276 e. The van der Waals surface area contributed by atoms with Crippen molar-refractivity contribution >= 4 is 16.2 Å². The molecular weight excluding hydrogens is 428 g/mol. The zero-order valence-corrected chi connectivity index (χ0v) is 19.3. The summed E-state index contributed by atoms with van der Waals surface area (Å²) in [6.45, 7) is 3.99. The zero-order valence-electron chi connectivity index (χ0n) is 18.5. The van der Waals surface area contributed by atoms with Gasteiger partial charge in [-0.15, -0.1) is 0 Å². The molecule has 0 heterocycles. The van der Waals surface area contributed by atoms with Gasteiger partial charge >= 0.3 is 0 Å². The smallest absolute Gasteiger partial charge is 0.276 e. The Labute approximate surface area is 188 Å². The molecule has 32 heavy (non-hydrogen) atoms. The van der Waals surface area contributed by atoms with Gasteiger partial charge < -0.3 is 14.2 Å². The quantitative estimate of drug-likeness (QED) is 0.387. The monoisotopic (exact) mass is 454 g/mol. The number of methoxy groups -OCH3 is 2. The van der Waals surface area contributed by atoms with Crippen LogP contribution in [0.3, 0.4) is 0 Å². The second-order valence-corrected chi connectivity index (χ2v) is 8.78. The Bertz CT molecular complexity index is 1180. The predicted molar refractivity (Wildman–Crippen MR) is 124 cm³/mol. The number of hydrazone groups is 1. The Hall–Kier alpha value is -3.52. The predicted octanol–water partition coefficient (Wildman–Crippen LogP) is 4.21. The van der Waals surface area contributed by atoms with Gasteiger partial charge in [0.25, 0.3) is 10.0 Å². The van der Waals surface area contributed by atoms with Gasteiger partial charge in [0.05, 0.1) is 25.3 Å². The lowest BCUT2D eigenvalue weighted by Crippen LogP contribution is -2.19. The second-order valence-electron chi connectivity index (χ2n) is 7.15. The molecule has 0 aliphatic heterocycles. The summed E-state index contributed by atoms with van der Waals surface area (Å²) >= 11 is 0. The lowest BCUT2D eigenvalue weighted by Gasteiger charge is -2.15. The molecule has 3 rings (SSSR count). The fourth-order valence-electron chi connectivity index (χ4n) is 3.17. The average Bonchev–Trinajstić information content (AvgIpc) is 2.77. The Balaban J connectivity index is 1.79. The van der Waals surface area contributed by atoms with Crippen molar-refractivity contribution in [1.82, 2.24) is 4.83 Å². The number of ether oxygens (including phenoxy) is 3. The van der Waals surface area contributed by atoms with Crippen LogP contribution in [-0.2, 0) is 16.6 Å². The summed E-state index contributed by atoms with van der Waals surface area (Å²) in [4.78, 5) is 2.43. The van der Waals surface area contributed by atoms with Gasteiger partial charge in [0, 0.05) is 5.56 Å². The molecule has 0 spiro atoms. The van der Waals surface area contributed by atoms with Crippen LogP contribution in [0, 0.1) is 13.8 Å². The van der Waals surface area contributed by atoms with Gasteiger partial charge in [-0.25, -0.2) is 4.83 Å². The first-order chi connectivity index (χ1) is 15.3. The standard InChI is InChI=1S/C24H26N2O5S/c1-17-10-11-23(18(2)12-17)32(27,28)26-25-15-20-13-21(29-3)24(22(14-20)30-4)31-16-19-8-6-5-7-9-19/h5-15,26H,16H2,1-4H3/b25-15+. The van der Waals surface area contributed by atoms with E-state index in [2.05, 4.69) is 9.93 Å². The maximum atomic E-state index is 12.6. The maximum absolute atomic E-state index is 12.6. The summed E-state index contributed by atoms with van der Waals surface area (Å²) in [6, 6.07) is 18.2. The van der Waals surface area contributed by atoms with E-state index in [0.29, 0.717) is 35.0 Å². The van der Waals surface area contributed by atoms with Crippen LogP contribution in [0.25, 0.3) is 0 Å². The van der Waals surface area contributed by atoms with Crippen molar-refractivity contribution in [2.75, 3.05) is 14.2 Å².